The van der Waals surface area contributed by atoms with Gasteiger partial charge in [0, 0.05) is 37.9 Å². The van der Waals surface area contributed by atoms with Crippen molar-refractivity contribution in [3.05, 3.63) is 51.1 Å². The zero-order valence-corrected chi connectivity index (χ0v) is 16.5. The molecule has 3 aromatic rings. The number of amides is 2. The van der Waals surface area contributed by atoms with E-state index in [0.29, 0.717) is 36.2 Å². The molecule has 2 aromatic heterocycles. The number of nitrogens with zero attached hydrogens (tertiary/aromatic N) is 3. The van der Waals surface area contributed by atoms with Gasteiger partial charge in [-0.25, -0.2) is 9.78 Å². The summed E-state index contributed by atoms with van der Waals surface area (Å²) in [7, 11) is 0. The summed E-state index contributed by atoms with van der Waals surface area (Å²) in [6.07, 6.45) is 1.33. The summed E-state index contributed by atoms with van der Waals surface area (Å²) >= 11 is 12.0. The summed E-state index contributed by atoms with van der Waals surface area (Å²) in [5.74, 6) is -2.08. The molecule has 0 atom stereocenters. The van der Waals surface area contributed by atoms with Crippen molar-refractivity contribution in [1.29, 1.82) is 0 Å². The maximum atomic E-state index is 12.5. The van der Waals surface area contributed by atoms with Crippen molar-refractivity contribution < 1.29 is 14.0 Å². The van der Waals surface area contributed by atoms with E-state index in [2.05, 4.69) is 20.2 Å². The summed E-state index contributed by atoms with van der Waals surface area (Å²) in [6, 6.07) is 6.78. The number of H-pyrrole nitrogens is 1. The molecule has 0 bridgehead atoms. The fourth-order valence-corrected chi connectivity index (χ4v) is 3.38. The van der Waals surface area contributed by atoms with Gasteiger partial charge in [-0.1, -0.05) is 23.2 Å². The molecule has 11 heteroatoms. The molecule has 2 amide bonds. The first-order chi connectivity index (χ1) is 13.9. The monoisotopic (exact) mass is 435 g/mol. The van der Waals surface area contributed by atoms with Crippen LogP contribution in [-0.2, 0) is 9.59 Å². The van der Waals surface area contributed by atoms with Gasteiger partial charge in [-0.3, -0.25) is 14.6 Å². The number of hydrogen-bond acceptors (Lipinski definition) is 6. The molecule has 150 valence electrons. The van der Waals surface area contributed by atoms with Gasteiger partial charge in [-0.15, -0.1) is 0 Å². The third-order valence-corrected chi connectivity index (χ3v) is 5.30. The number of pyridine rings is 1. The van der Waals surface area contributed by atoms with E-state index in [-0.39, 0.29) is 16.9 Å². The molecule has 9 nitrogen and oxygen atoms in total. The predicted molar refractivity (Wildman–Crippen MR) is 109 cm³/mol. The van der Waals surface area contributed by atoms with Crippen LogP contribution in [0.5, 0.6) is 0 Å². The maximum absolute atomic E-state index is 12.5. The van der Waals surface area contributed by atoms with Crippen LogP contribution in [0.15, 0.2) is 39.7 Å². The number of carbonyl (C=O) groups excluding carboxylic acids is 2. The first kappa shape index (κ1) is 19.3. The van der Waals surface area contributed by atoms with E-state index >= 15 is 0 Å². The Bertz CT molecular complexity index is 1150. The van der Waals surface area contributed by atoms with E-state index in [1.54, 1.807) is 12.1 Å². The number of piperazine rings is 1. The molecule has 2 N–H and O–H groups in total. The van der Waals surface area contributed by atoms with Crippen LogP contribution in [0.4, 0.5) is 11.4 Å². The van der Waals surface area contributed by atoms with E-state index in [4.69, 9.17) is 27.6 Å². The zero-order valence-electron chi connectivity index (χ0n) is 14.9. The molecule has 1 aliphatic heterocycles. The average Bonchev–Trinajstić information content (AvgIpc) is 3.09. The third kappa shape index (κ3) is 4.06. The second kappa shape index (κ2) is 7.76. The summed E-state index contributed by atoms with van der Waals surface area (Å²) in [4.78, 5) is 45.9. The Labute approximate surface area is 174 Å². The van der Waals surface area contributed by atoms with Crippen LogP contribution in [0.2, 0.25) is 10.0 Å². The fourth-order valence-electron chi connectivity index (χ4n) is 3.08. The Balaban J connectivity index is 1.37. The van der Waals surface area contributed by atoms with Crippen molar-refractivity contribution in [2.45, 2.75) is 0 Å². The molecule has 1 aromatic carbocycles. The number of carbonyl (C=O) groups is 2. The minimum atomic E-state index is -0.785. The Morgan fingerprint density at radius 1 is 1.10 bits per heavy atom. The molecule has 1 aliphatic rings. The Morgan fingerprint density at radius 2 is 1.86 bits per heavy atom. The molecular weight excluding hydrogens is 421 g/mol. The number of aromatic amines is 1. The highest BCUT2D eigenvalue weighted by Gasteiger charge is 2.26. The first-order valence-electron chi connectivity index (χ1n) is 8.70. The van der Waals surface area contributed by atoms with Crippen molar-refractivity contribution in [2.24, 2.45) is 0 Å². The van der Waals surface area contributed by atoms with E-state index in [9.17, 15) is 14.4 Å². The topological polar surface area (TPSA) is 112 Å². The summed E-state index contributed by atoms with van der Waals surface area (Å²) in [5, 5.41) is 3.43. The quantitative estimate of drug-likeness (QED) is 0.596. The zero-order chi connectivity index (χ0) is 20.5. The van der Waals surface area contributed by atoms with E-state index in [1.807, 2.05) is 6.07 Å². The van der Waals surface area contributed by atoms with Crippen molar-refractivity contribution in [1.82, 2.24) is 14.9 Å². The Morgan fingerprint density at radius 3 is 2.59 bits per heavy atom. The van der Waals surface area contributed by atoms with Gasteiger partial charge in [0.05, 0.1) is 21.9 Å². The lowest BCUT2D eigenvalue weighted by Crippen LogP contribution is -2.51. The number of oxazole rings is 1. The van der Waals surface area contributed by atoms with Crippen molar-refractivity contribution >= 4 is 57.6 Å². The number of halogens is 2. The van der Waals surface area contributed by atoms with Crippen LogP contribution >= 0.6 is 23.2 Å². The Hall–Kier alpha value is -3.04. The van der Waals surface area contributed by atoms with Crippen molar-refractivity contribution in [3.8, 4) is 0 Å². The van der Waals surface area contributed by atoms with Crippen molar-refractivity contribution in [3.63, 3.8) is 0 Å². The van der Waals surface area contributed by atoms with Gasteiger partial charge in [0.15, 0.2) is 11.2 Å². The Kier molecular flexibility index (Phi) is 5.16. The normalized spacial score (nSPS) is 14.3. The number of nitrogens with one attached hydrogen (secondary N) is 2. The number of fused-ring (bicyclic) bond motifs is 1. The fraction of sp³-hybridized carbons (Fsp3) is 0.222. The lowest BCUT2D eigenvalue weighted by molar-refractivity contribution is -0.143. The average molecular weight is 436 g/mol. The lowest BCUT2D eigenvalue weighted by atomic mass is 10.2. The van der Waals surface area contributed by atoms with Crippen molar-refractivity contribution in [2.75, 3.05) is 36.4 Å². The van der Waals surface area contributed by atoms with Crippen LogP contribution in [0.3, 0.4) is 0 Å². The van der Waals surface area contributed by atoms with Gasteiger partial charge in [-0.05, 0) is 18.2 Å². The summed E-state index contributed by atoms with van der Waals surface area (Å²) in [5.41, 5.74) is 1.62. The smallest absolute Gasteiger partial charge is 0.406 e. The minimum absolute atomic E-state index is 0.190. The summed E-state index contributed by atoms with van der Waals surface area (Å²) in [6.45, 7) is 1.88. The van der Waals surface area contributed by atoms with Gasteiger partial charge in [0.1, 0.15) is 0 Å². The molecule has 4 rings (SSSR count). The van der Waals surface area contributed by atoms with Gasteiger partial charge < -0.3 is 19.5 Å². The molecule has 0 spiro atoms. The molecular formula is C18H15Cl2N5O4. The molecule has 0 saturated carbocycles. The van der Waals surface area contributed by atoms with Gasteiger partial charge in [-0.2, -0.15) is 0 Å². The molecule has 3 heterocycles. The number of hydrogen-bond donors (Lipinski definition) is 2. The maximum Gasteiger partial charge on any atom is 0.418 e. The van der Waals surface area contributed by atoms with E-state index in [1.165, 1.54) is 17.2 Å². The predicted octanol–water partition coefficient (Wildman–Crippen LogP) is 2.11. The van der Waals surface area contributed by atoms with Gasteiger partial charge in [0.2, 0.25) is 0 Å². The van der Waals surface area contributed by atoms with Gasteiger partial charge in [0.25, 0.3) is 0 Å². The molecule has 0 unspecified atom stereocenters. The SMILES string of the molecule is O=C(Nc1cnc2[nH]c(=O)oc2c1)C(=O)N1CCN(c2ccc(Cl)c(Cl)c2)CC1. The second-order valence-electron chi connectivity index (χ2n) is 6.42. The molecule has 1 saturated heterocycles. The molecule has 0 radical (unpaired) electrons. The van der Waals surface area contributed by atoms with Gasteiger partial charge >= 0.3 is 17.6 Å². The number of aromatic nitrogens is 2. The van der Waals surface area contributed by atoms with Crippen LogP contribution in [0.1, 0.15) is 0 Å². The van der Waals surface area contributed by atoms with Crippen LogP contribution < -0.4 is 16.0 Å². The largest absolute Gasteiger partial charge is 0.418 e. The standard InChI is InChI=1S/C18H15Cl2N5O4/c19-12-2-1-11(8-13(12)20)24-3-5-25(6-4-24)17(27)16(26)22-10-7-14-15(21-9-10)23-18(28)29-14/h1-2,7-9H,3-6H2,(H,22,26)(H,21,23,28). The highest BCUT2D eigenvalue weighted by molar-refractivity contribution is 6.42. The highest BCUT2D eigenvalue weighted by atomic mass is 35.5. The van der Waals surface area contributed by atoms with Crippen LogP contribution in [0.25, 0.3) is 11.2 Å². The van der Waals surface area contributed by atoms with Crippen LogP contribution in [0, 0.1) is 0 Å². The minimum Gasteiger partial charge on any atom is -0.406 e. The number of rotatable bonds is 2. The second-order valence-corrected chi connectivity index (χ2v) is 7.23. The highest BCUT2D eigenvalue weighted by Crippen LogP contribution is 2.27. The third-order valence-electron chi connectivity index (χ3n) is 4.56. The molecule has 29 heavy (non-hydrogen) atoms. The number of benzene rings is 1. The lowest BCUT2D eigenvalue weighted by Gasteiger charge is -2.35. The van der Waals surface area contributed by atoms with E-state index in [0.717, 1.165) is 5.69 Å². The first-order valence-corrected chi connectivity index (χ1v) is 9.45. The van der Waals surface area contributed by atoms with Crippen LogP contribution in [-0.4, -0.2) is 52.9 Å². The number of anilines is 2. The summed E-state index contributed by atoms with van der Waals surface area (Å²) < 4.78 is 4.89. The molecule has 0 aliphatic carbocycles. The van der Waals surface area contributed by atoms with E-state index < -0.39 is 17.6 Å². The molecule has 1 fully saturated rings.